The van der Waals surface area contributed by atoms with Crippen LogP contribution in [0.1, 0.15) is 23.2 Å². The summed E-state index contributed by atoms with van der Waals surface area (Å²) in [6, 6.07) is 5.21. The van der Waals surface area contributed by atoms with Crippen LogP contribution in [-0.2, 0) is 4.79 Å². The zero-order valence-corrected chi connectivity index (χ0v) is 13.0. The standard InChI is InChI=1S/C15H17N3O3S/c1-16-13(19)10-3-2-6-18(8-10)14(20)9-4-5-11-12(7-9)21-15(22)17-11/h4-5,7,10H,2-3,6,8H2,1H3,(H,16,19)(H,17,22). The number of rotatable bonds is 2. The molecule has 0 bridgehead atoms. The van der Waals surface area contributed by atoms with Gasteiger partial charge in [0, 0.05) is 25.7 Å². The van der Waals surface area contributed by atoms with Gasteiger partial charge in [-0.25, -0.2) is 0 Å². The number of benzene rings is 1. The van der Waals surface area contributed by atoms with E-state index in [1.54, 1.807) is 30.1 Å². The molecule has 1 aromatic heterocycles. The second-order valence-corrected chi connectivity index (χ2v) is 5.80. The van der Waals surface area contributed by atoms with Crippen molar-refractivity contribution < 1.29 is 14.0 Å². The minimum absolute atomic E-state index is 0.00987. The Labute approximate surface area is 132 Å². The first-order chi connectivity index (χ1) is 10.6. The highest BCUT2D eigenvalue weighted by atomic mass is 32.1. The number of H-pyrrole nitrogens is 1. The molecule has 1 aliphatic heterocycles. The molecule has 3 rings (SSSR count). The SMILES string of the molecule is CNC(=O)C1CCCN(C(=O)c2ccc3[nH]c(=S)oc3c2)C1. The molecule has 1 saturated heterocycles. The van der Waals surface area contributed by atoms with E-state index in [1.807, 2.05) is 0 Å². The summed E-state index contributed by atoms with van der Waals surface area (Å²) in [6.07, 6.45) is 1.64. The summed E-state index contributed by atoms with van der Waals surface area (Å²) >= 11 is 4.94. The Hall–Kier alpha value is -2.15. The molecule has 1 atom stereocenters. The Morgan fingerprint density at radius 3 is 3.05 bits per heavy atom. The summed E-state index contributed by atoms with van der Waals surface area (Å²) in [4.78, 5) is 29.3. The quantitative estimate of drug-likeness (QED) is 0.831. The van der Waals surface area contributed by atoms with E-state index in [9.17, 15) is 9.59 Å². The monoisotopic (exact) mass is 319 g/mol. The summed E-state index contributed by atoms with van der Waals surface area (Å²) in [5.74, 6) is -0.232. The van der Waals surface area contributed by atoms with Crippen molar-refractivity contribution >= 4 is 35.1 Å². The van der Waals surface area contributed by atoms with Crippen molar-refractivity contribution in [2.24, 2.45) is 5.92 Å². The first kappa shape index (κ1) is 14.8. The lowest BCUT2D eigenvalue weighted by molar-refractivity contribution is -0.125. The van der Waals surface area contributed by atoms with Crippen LogP contribution in [0, 0.1) is 10.8 Å². The third kappa shape index (κ3) is 2.76. The average molecular weight is 319 g/mol. The number of aromatic nitrogens is 1. The molecule has 6 nitrogen and oxygen atoms in total. The zero-order chi connectivity index (χ0) is 15.7. The molecular weight excluding hydrogens is 302 g/mol. The Balaban J connectivity index is 1.82. The number of carbonyl (C=O) groups excluding carboxylic acids is 2. The molecule has 0 saturated carbocycles. The zero-order valence-electron chi connectivity index (χ0n) is 12.2. The molecule has 1 unspecified atom stereocenters. The van der Waals surface area contributed by atoms with Gasteiger partial charge in [-0.1, -0.05) is 0 Å². The van der Waals surface area contributed by atoms with Crippen LogP contribution in [0.2, 0.25) is 0 Å². The van der Waals surface area contributed by atoms with E-state index in [0.717, 1.165) is 18.4 Å². The number of carbonyl (C=O) groups is 2. The van der Waals surface area contributed by atoms with Gasteiger partial charge < -0.3 is 19.6 Å². The predicted octanol–water partition coefficient (Wildman–Crippen LogP) is 2.09. The summed E-state index contributed by atoms with van der Waals surface area (Å²) in [5.41, 5.74) is 1.88. The molecule has 7 heteroatoms. The fourth-order valence-electron chi connectivity index (χ4n) is 2.84. The van der Waals surface area contributed by atoms with Gasteiger partial charge in [0.05, 0.1) is 11.4 Å². The second kappa shape index (κ2) is 5.92. The van der Waals surface area contributed by atoms with E-state index in [0.29, 0.717) is 24.2 Å². The first-order valence-electron chi connectivity index (χ1n) is 7.22. The molecule has 1 aromatic carbocycles. The van der Waals surface area contributed by atoms with Crippen molar-refractivity contribution in [3.05, 3.63) is 28.6 Å². The molecule has 2 amide bonds. The number of hydrogen-bond donors (Lipinski definition) is 2. The second-order valence-electron chi connectivity index (χ2n) is 5.43. The van der Waals surface area contributed by atoms with Gasteiger partial charge in [-0.15, -0.1) is 0 Å². The molecule has 2 aromatic rings. The van der Waals surface area contributed by atoms with Crippen molar-refractivity contribution in [2.75, 3.05) is 20.1 Å². The smallest absolute Gasteiger partial charge is 0.266 e. The number of oxazole rings is 1. The van der Waals surface area contributed by atoms with Crippen LogP contribution < -0.4 is 5.32 Å². The van der Waals surface area contributed by atoms with Crippen LogP contribution in [-0.4, -0.2) is 41.8 Å². The molecule has 0 spiro atoms. The summed E-state index contributed by atoms with van der Waals surface area (Å²) in [6.45, 7) is 1.12. The molecular formula is C15H17N3O3S. The number of nitrogens with zero attached hydrogens (tertiary/aromatic N) is 1. The predicted molar refractivity (Wildman–Crippen MR) is 84.1 cm³/mol. The average Bonchev–Trinajstić information content (AvgIpc) is 2.92. The summed E-state index contributed by atoms with van der Waals surface area (Å²) in [5, 5.41) is 2.65. The van der Waals surface area contributed by atoms with Gasteiger partial charge in [-0.2, -0.15) is 0 Å². The van der Waals surface area contributed by atoms with Gasteiger partial charge in [-0.3, -0.25) is 9.59 Å². The van der Waals surface area contributed by atoms with Crippen LogP contribution in [0.3, 0.4) is 0 Å². The third-order valence-electron chi connectivity index (χ3n) is 3.99. The highest BCUT2D eigenvalue weighted by molar-refractivity contribution is 7.71. The van der Waals surface area contributed by atoms with Crippen LogP contribution in [0.4, 0.5) is 0 Å². The van der Waals surface area contributed by atoms with Gasteiger partial charge >= 0.3 is 0 Å². The van der Waals surface area contributed by atoms with E-state index in [1.165, 1.54) is 0 Å². The van der Waals surface area contributed by atoms with Crippen molar-refractivity contribution in [1.82, 2.24) is 15.2 Å². The maximum Gasteiger partial charge on any atom is 0.266 e. The van der Waals surface area contributed by atoms with E-state index >= 15 is 0 Å². The van der Waals surface area contributed by atoms with E-state index in [2.05, 4.69) is 10.3 Å². The lowest BCUT2D eigenvalue weighted by Gasteiger charge is -2.31. The third-order valence-corrected chi connectivity index (χ3v) is 4.18. The van der Waals surface area contributed by atoms with Crippen molar-refractivity contribution in [1.29, 1.82) is 0 Å². The number of amides is 2. The van der Waals surface area contributed by atoms with Gasteiger partial charge in [0.2, 0.25) is 5.91 Å². The molecule has 0 aliphatic carbocycles. The normalized spacial score (nSPS) is 18.4. The van der Waals surface area contributed by atoms with Gasteiger partial charge in [0.15, 0.2) is 5.58 Å². The molecule has 1 aliphatic rings. The molecule has 22 heavy (non-hydrogen) atoms. The van der Waals surface area contributed by atoms with Crippen LogP contribution in [0.15, 0.2) is 22.6 Å². The fourth-order valence-corrected chi connectivity index (χ4v) is 3.04. The first-order valence-corrected chi connectivity index (χ1v) is 7.63. The Morgan fingerprint density at radius 2 is 2.27 bits per heavy atom. The lowest BCUT2D eigenvalue weighted by atomic mass is 9.96. The largest absolute Gasteiger partial charge is 0.429 e. The molecule has 2 heterocycles. The highest BCUT2D eigenvalue weighted by Crippen LogP contribution is 2.21. The molecule has 0 radical (unpaired) electrons. The molecule has 2 N–H and O–H groups in total. The maximum absolute atomic E-state index is 12.6. The van der Waals surface area contributed by atoms with Crippen molar-refractivity contribution in [3.8, 4) is 0 Å². The van der Waals surface area contributed by atoms with Gasteiger partial charge in [-0.05, 0) is 43.3 Å². The van der Waals surface area contributed by atoms with Crippen LogP contribution >= 0.6 is 12.2 Å². The maximum atomic E-state index is 12.6. The van der Waals surface area contributed by atoms with E-state index < -0.39 is 0 Å². The van der Waals surface area contributed by atoms with Crippen molar-refractivity contribution in [3.63, 3.8) is 0 Å². The number of piperidine rings is 1. The van der Waals surface area contributed by atoms with E-state index in [4.69, 9.17) is 16.6 Å². The number of hydrogen-bond acceptors (Lipinski definition) is 4. The Kier molecular flexibility index (Phi) is 3.98. The number of fused-ring (bicyclic) bond motifs is 1. The minimum Gasteiger partial charge on any atom is -0.429 e. The Bertz CT molecular complexity index is 780. The minimum atomic E-state index is -0.136. The number of nitrogens with one attached hydrogen (secondary N) is 2. The molecule has 1 fully saturated rings. The number of aromatic amines is 1. The highest BCUT2D eigenvalue weighted by Gasteiger charge is 2.28. The Morgan fingerprint density at radius 1 is 1.45 bits per heavy atom. The van der Waals surface area contributed by atoms with Crippen LogP contribution in [0.25, 0.3) is 11.1 Å². The topological polar surface area (TPSA) is 78.3 Å². The number of likely N-dealkylation sites (tertiary alicyclic amines) is 1. The lowest BCUT2D eigenvalue weighted by Crippen LogP contribution is -2.44. The van der Waals surface area contributed by atoms with Crippen LogP contribution in [0.5, 0.6) is 0 Å². The van der Waals surface area contributed by atoms with Crippen molar-refractivity contribution in [2.45, 2.75) is 12.8 Å². The summed E-state index contributed by atoms with van der Waals surface area (Å²) < 4.78 is 5.35. The van der Waals surface area contributed by atoms with Gasteiger partial charge in [0.1, 0.15) is 0 Å². The molecule has 116 valence electrons. The van der Waals surface area contributed by atoms with Gasteiger partial charge in [0.25, 0.3) is 10.7 Å². The summed E-state index contributed by atoms with van der Waals surface area (Å²) in [7, 11) is 1.62. The fraction of sp³-hybridized carbons (Fsp3) is 0.400. The van der Waals surface area contributed by atoms with E-state index in [-0.39, 0.29) is 22.6 Å².